The van der Waals surface area contributed by atoms with Crippen LogP contribution < -0.4 is 0 Å². The molecule has 17 heavy (non-hydrogen) atoms. The maximum absolute atomic E-state index is 11.0. The monoisotopic (exact) mass is 235 g/mol. The van der Waals surface area contributed by atoms with Crippen LogP contribution >= 0.6 is 0 Å². The van der Waals surface area contributed by atoms with E-state index in [4.69, 9.17) is 5.11 Å². The molecule has 3 heteroatoms. The van der Waals surface area contributed by atoms with E-state index < -0.39 is 12.0 Å². The molecule has 0 saturated carbocycles. The Labute approximate surface area is 103 Å². The summed E-state index contributed by atoms with van der Waals surface area (Å²) in [6, 6.07) is 9.80. The number of carboxylic acids is 1. The number of nitrogens with zero attached hydrogens (tertiary/aromatic N) is 1. The van der Waals surface area contributed by atoms with Crippen LogP contribution in [-0.4, -0.2) is 29.1 Å². The first kappa shape index (κ1) is 13.7. The van der Waals surface area contributed by atoms with Crippen LogP contribution in [-0.2, 0) is 4.79 Å². The highest BCUT2D eigenvalue weighted by atomic mass is 16.4. The van der Waals surface area contributed by atoms with Gasteiger partial charge in [-0.1, -0.05) is 43.7 Å². The maximum Gasteiger partial charge on any atom is 0.320 e. The molecular weight excluding hydrogens is 214 g/mol. The van der Waals surface area contributed by atoms with Gasteiger partial charge in [0.1, 0.15) is 6.04 Å². The number of aliphatic carboxylic acids is 1. The summed E-state index contributed by atoms with van der Waals surface area (Å²) in [4.78, 5) is 13.0. The largest absolute Gasteiger partial charge is 0.480 e. The third-order valence-electron chi connectivity index (χ3n) is 3.21. The Hall–Kier alpha value is -1.35. The van der Waals surface area contributed by atoms with E-state index in [2.05, 4.69) is 19.1 Å². The Morgan fingerprint density at radius 1 is 1.35 bits per heavy atom. The summed E-state index contributed by atoms with van der Waals surface area (Å²) >= 11 is 0. The summed E-state index contributed by atoms with van der Waals surface area (Å²) in [5, 5.41) is 9.07. The van der Waals surface area contributed by atoms with E-state index in [1.54, 1.807) is 6.92 Å². The van der Waals surface area contributed by atoms with Crippen molar-refractivity contribution in [1.82, 2.24) is 4.90 Å². The van der Waals surface area contributed by atoms with Crippen molar-refractivity contribution >= 4 is 5.97 Å². The van der Waals surface area contributed by atoms with E-state index in [0.29, 0.717) is 0 Å². The highest BCUT2D eigenvalue weighted by molar-refractivity contribution is 5.72. The van der Waals surface area contributed by atoms with Gasteiger partial charge >= 0.3 is 5.97 Å². The van der Waals surface area contributed by atoms with Crippen molar-refractivity contribution in [1.29, 1.82) is 0 Å². The van der Waals surface area contributed by atoms with E-state index in [1.807, 2.05) is 30.1 Å². The summed E-state index contributed by atoms with van der Waals surface area (Å²) in [5.41, 5.74) is 1.19. The molecule has 0 aromatic heterocycles. The molecule has 0 saturated heterocycles. The maximum atomic E-state index is 11.0. The molecule has 1 aromatic carbocycles. The Balaban J connectivity index is 2.89. The molecule has 1 aromatic rings. The molecule has 0 aliphatic rings. The molecule has 1 rings (SSSR count). The van der Waals surface area contributed by atoms with Crippen LogP contribution in [0.25, 0.3) is 0 Å². The Bertz CT molecular complexity index is 350. The normalized spacial score (nSPS) is 14.6. The van der Waals surface area contributed by atoms with Crippen LogP contribution in [0.1, 0.15) is 38.3 Å². The van der Waals surface area contributed by atoms with Crippen molar-refractivity contribution in [3.05, 3.63) is 35.9 Å². The standard InChI is InChI=1S/C14H21NO2/c1-4-8-13(12-9-6-5-7-10-12)15(3)11(2)14(16)17/h5-7,9-11,13H,4,8H2,1-3H3,(H,16,17). The molecular formula is C14H21NO2. The average molecular weight is 235 g/mol. The van der Waals surface area contributed by atoms with E-state index in [-0.39, 0.29) is 6.04 Å². The predicted molar refractivity (Wildman–Crippen MR) is 69.0 cm³/mol. The molecule has 0 spiro atoms. The van der Waals surface area contributed by atoms with E-state index in [1.165, 1.54) is 5.56 Å². The smallest absolute Gasteiger partial charge is 0.320 e. The molecule has 0 fully saturated rings. The second-order valence-corrected chi connectivity index (χ2v) is 4.39. The van der Waals surface area contributed by atoms with Crippen LogP contribution in [0.5, 0.6) is 0 Å². The first-order chi connectivity index (χ1) is 8.07. The molecule has 0 aliphatic carbocycles. The van der Waals surface area contributed by atoms with Crippen molar-refractivity contribution < 1.29 is 9.90 Å². The molecule has 2 atom stereocenters. The van der Waals surface area contributed by atoms with E-state index in [0.717, 1.165) is 12.8 Å². The lowest BCUT2D eigenvalue weighted by molar-refractivity contribution is -0.143. The quantitative estimate of drug-likeness (QED) is 0.824. The topological polar surface area (TPSA) is 40.5 Å². The lowest BCUT2D eigenvalue weighted by atomic mass is 10.00. The van der Waals surface area contributed by atoms with Gasteiger partial charge < -0.3 is 5.11 Å². The first-order valence-corrected chi connectivity index (χ1v) is 6.07. The van der Waals surface area contributed by atoms with Crippen molar-refractivity contribution in [2.45, 2.75) is 38.8 Å². The van der Waals surface area contributed by atoms with Gasteiger partial charge in [-0.05, 0) is 26.0 Å². The van der Waals surface area contributed by atoms with Crippen LogP contribution in [0, 0.1) is 0 Å². The summed E-state index contributed by atoms with van der Waals surface area (Å²) in [5.74, 6) is -0.774. The van der Waals surface area contributed by atoms with Gasteiger partial charge in [-0.2, -0.15) is 0 Å². The van der Waals surface area contributed by atoms with Crippen LogP contribution in [0.2, 0.25) is 0 Å². The van der Waals surface area contributed by atoms with Crippen molar-refractivity contribution in [3.8, 4) is 0 Å². The number of benzene rings is 1. The lowest BCUT2D eigenvalue weighted by Crippen LogP contribution is -2.38. The van der Waals surface area contributed by atoms with E-state index >= 15 is 0 Å². The SMILES string of the molecule is CCCC(c1ccccc1)N(C)C(C)C(=O)O. The zero-order chi connectivity index (χ0) is 12.8. The van der Waals surface area contributed by atoms with Crippen LogP contribution in [0.15, 0.2) is 30.3 Å². The zero-order valence-electron chi connectivity index (χ0n) is 10.8. The molecule has 0 radical (unpaired) electrons. The zero-order valence-corrected chi connectivity index (χ0v) is 10.8. The fraction of sp³-hybridized carbons (Fsp3) is 0.500. The lowest BCUT2D eigenvalue weighted by Gasteiger charge is -2.31. The minimum atomic E-state index is -0.774. The Kier molecular flexibility index (Phi) is 5.16. The summed E-state index contributed by atoms with van der Waals surface area (Å²) in [6.45, 7) is 3.85. The van der Waals surface area contributed by atoms with Crippen LogP contribution in [0.4, 0.5) is 0 Å². The van der Waals surface area contributed by atoms with E-state index in [9.17, 15) is 4.79 Å². The molecule has 0 amide bonds. The molecule has 2 unspecified atom stereocenters. The minimum absolute atomic E-state index is 0.173. The van der Waals surface area contributed by atoms with Crippen LogP contribution in [0.3, 0.4) is 0 Å². The van der Waals surface area contributed by atoms with Gasteiger partial charge in [-0.3, -0.25) is 9.69 Å². The summed E-state index contributed by atoms with van der Waals surface area (Å²) in [6.07, 6.45) is 2.01. The number of hydrogen-bond acceptors (Lipinski definition) is 2. The number of hydrogen-bond donors (Lipinski definition) is 1. The fourth-order valence-electron chi connectivity index (χ4n) is 2.00. The molecule has 94 valence electrons. The molecule has 1 N–H and O–H groups in total. The highest BCUT2D eigenvalue weighted by Crippen LogP contribution is 2.25. The van der Waals surface area contributed by atoms with Gasteiger partial charge in [0.15, 0.2) is 0 Å². The molecule has 0 heterocycles. The minimum Gasteiger partial charge on any atom is -0.480 e. The summed E-state index contributed by atoms with van der Waals surface area (Å²) < 4.78 is 0. The second-order valence-electron chi connectivity index (χ2n) is 4.39. The molecule has 3 nitrogen and oxygen atoms in total. The van der Waals surface area contributed by atoms with Gasteiger partial charge in [0.2, 0.25) is 0 Å². The highest BCUT2D eigenvalue weighted by Gasteiger charge is 2.24. The predicted octanol–water partition coefficient (Wildman–Crippen LogP) is 2.93. The Morgan fingerprint density at radius 3 is 2.41 bits per heavy atom. The number of rotatable bonds is 6. The average Bonchev–Trinajstić information content (AvgIpc) is 2.35. The van der Waals surface area contributed by atoms with Crippen molar-refractivity contribution in [2.75, 3.05) is 7.05 Å². The fourth-order valence-corrected chi connectivity index (χ4v) is 2.00. The van der Waals surface area contributed by atoms with Gasteiger partial charge in [0.05, 0.1) is 0 Å². The third-order valence-corrected chi connectivity index (χ3v) is 3.21. The van der Waals surface area contributed by atoms with Gasteiger partial charge in [0, 0.05) is 6.04 Å². The molecule has 0 aliphatic heterocycles. The number of carbonyl (C=O) groups is 1. The number of likely N-dealkylation sites (N-methyl/N-ethyl adjacent to an activating group) is 1. The van der Waals surface area contributed by atoms with Crippen molar-refractivity contribution in [2.24, 2.45) is 0 Å². The Morgan fingerprint density at radius 2 is 1.94 bits per heavy atom. The number of carboxylic acid groups (broad SMARTS) is 1. The third kappa shape index (κ3) is 3.56. The molecule has 0 bridgehead atoms. The first-order valence-electron chi connectivity index (χ1n) is 6.07. The second kappa shape index (κ2) is 6.40. The van der Waals surface area contributed by atoms with Crippen molar-refractivity contribution in [3.63, 3.8) is 0 Å². The van der Waals surface area contributed by atoms with Gasteiger partial charge in [-0.25, -0.2) is 0 Å². The summed E-state index contributed by atoms with van der Waals surface area (Å²) in [7, 11) is 1.88. The van der Waals surface area contributed by atoms with Gasteiger partial charge in [-0.15, -0.1) is 0 Å². The van der Waals surface area contributed by atoms with Gasteiger partial charge in [0.25, 0.3) is 0 Å².